The molecular formula is C12H19N5. The van der Waals surface area contributed by atoms with Gasteiger partial charge in [0.25, 0.3) is 0 Å². The van der Waals surface area contributed by atoms with Crippen molar-refractivity contribution >= 4 is 0 Å². The Bertz CT molecular complexity index is 471. The minimum atomic E-state index is 0.302. The molecule has 17 heavy (non-hydrogen) atoms. The first-order valence-corrected chi connectivity index (χ1v) is 5.83. The molecule has 0 bridgehead atoms. The molecule has 0 amide bonds. The number of aromatic nitrogens is 4. The molecule has 0 spiro atoms. The molecule has 92 valence electrons. The van der Waals surface area contributed by atoms with E-state index in [-0.39, 0.29) is 0 Å². The molecule has 2 rings (SSSR count). The molecule has 5 nitrogen and oxygen atoms in total. The Morgan fingerprint density at radius 3 is 2.71 bits per heavy atom. The summed E-state index contributed by atoms with van der Waals surface area (Å²) >= 11 is 0. The second-order valence-electron chi connectivity index (χ2n) is 4.32. The van der Waals surface area contributed by atoms with Crippen LogP contribution in [0.15, 0.2) is 24.7 Å². The summed E-state index contributed by atoms with van der Waals surface area (Å²) in [4.78, 5) is 0. The third-order valence-electron chi connectivity index (χ3n) is 2.92. The molecule has 2 aromatic rings. The molecule has 1 N–H and O–H groups in total. The van der Waals surface area contributed by atoms with Gasteiger partial charge in [0, 0.05) is 26.5 Å². The van der Waals surface area contributed by atoms with Gasteiger partial charge >= 0.3 is 0 Å². The van der Waals surface area contributed by atoms with E-state index in [2.05, 4.69) is 27.8 Å². The average Bonchev–Trinajstić information content (AvgIpc) is 2.89. The van der Waals surface area contributed by atoms with Crippen molar-refractivity contribution < 1.29 is 0 Å². The molecule has 5 heteroatoms. The molecule has 0 aliphatic heterocycles. The number of hydrogen-bond donors (Lipinski definition) is 1. The highest BCUT2D eigenvalue weighted by Crippen LogP contribution is 2.16. The first-order chi connectivity index (χ1) is 8.19. The zero-order valence-electron chi connectivity index (χ0n) is 10.6. The largest absolute Gasteiger partial charge is 0.312 e. The van der Waals surface area contributed by atoms with Crippen LogP contribution >= 0.6 is 0 Å². The van der Waals surface area contributed by atoms with E-state index in [1.165, 1.54) is 5.56 Å². The Labute approximate surface area is 101 Å². The minimum Gasteiger partial charge on any atom is -0.312 e. The average molecular weight is 233 g/mol. The number of rotatable bonds is 5. The van der Waals surface area contributed by atoms with E-state index < -0.39 is 0 Å². The molecule has 1 atom stereocenters. The summed E-state index contributed by atoms with van der Waals surface area (Å²) < 4.78 is 3.67. The maximum Gasteiger partial charge on any atom is 0.0793 e. The summed E-state index contributed by atoms with van der Waals surface area (Å²) in [6, 6.07) is 2.36. The van der Waals surface area contributed by atoms with Gasteiger partial charge in [-0.2, -0.15) is 10.2 Å². The molecule has 2 aromatic heterocycles. The summed E-state index contributed by atoms with van der Waals surface area (Å²) in [7, 11) is 5.86. The van der Waals surface area contributed by atoms with Crippen molar-refractivity contribution in [2.45, 2.75) is 18.9 Å². The predicted molar refractivity (Wildman–Crippen MR) is 66.5 cm³/mol. The number of hydrogen-bond acceptors (Lipinski definition) is 3. The Morgan fingerprint density at radius 2 is 2.18 bits per heavy atom. The van der Waals surface area contributed by atoms with Gasteiger partial charge in [-0.1, -0.05) is 0 Å². The van der Waals surface area contributed by atoms with Gasteiger partial charge < -0.3 is 5.32 Å². The molecule has 0 saturated heterocycles. The topological polar surface area (TPSA) is 47.7 Å². The number of nitrogens with one attached hydrogen (secondary N) is 1. The summed E-state index contributed by atoms with van der Waals surface area (Å²) in [5.41, 5.74) is 2.36. The molecule has 2 heterocycles. The van der Waals surface area contributed by atoms with E-state index in [1.54, 1.807) is 0 Å². The number of nitrogens with zero attached hydrogens (tertiary/aromatic N) is 4. The quantitative estimate of drug-likeness (QED) is 0.839. The number of aryl methyl sites for hydroxylation is 3. The predicted octanol–water partition coefficient (Wildman–Crippen LogP) is 1.05. The fourth-order valence-electron chi connectivity index (χ4n) is 1.97. The van der Waals surface area contributed by atoms with E-state index >= 15 is 0 Å². The Kier molecular flexibility index (Phi) is 3.58. The van der Waals surface area contributed by atoms with Gasteiger partial charge in [0.05, 0.1) is 17.9 Å². The van der Waals surface area contributed by atoms with Crippen LogP contribution in [-0.2, 0) is 20.5 Å². The molecule has 0 saturated carbocycles. The lowest BCUT2D eigenvalue weighted by molar-refractivity contribution is 0.527. The highest BCUT2D eigenvalue weighted by atomic mass is 15.3. The van der Waals surface area contributed by atoms with E-state index in [0.29, 0.717) is 6.04 Å². The lowest BCUT2D eigenvalue weighted by Gasteiger charge is -2.12. The van der Waals surface area contributed by atoms with Crippen LogP contribution < -0.4 is 5.32 Å². The normalized spacial score (nSPS) is 12.9. The van der Waals surface area contributed by atoms with Gasteiger partial charge in [-0.25, -0.2) is 0 Å². The van der Waals surface area contributed by atoms with Crippen molar-refractivity contribution in [1.82, 2.24) is 24.9 Å². The molecule has 0 aromatic carbocycles. The highest BCUT2D eigenvalue weighted by molar-refractivity contribution is 5.09. The fraction of sp³-hybridized carbons (Fsp3) is 0.500. The molecule has 0 aliphatic rings. The summed E-state index contributed by atoms with van der Waals surface area (Å²) in [5.74, 6) is 0. The van der Waals surface area contributed by atoms with Gasteiger partial charge in [-0.05, 0) is 31.5 Å². The fourth-order valence-corrected chi connectivity index (χ4v) is 1.97. The van der Waals surface area contributed by atoms with Gasteiger partial charge in [0.15, 0.2) is 0 Å². The lowest BCUT2D eigenvalue weighted by atomic mass is 10.1. The maximum atomic E-state index is 4.43. The zero-order chi connectivity index (χ0) is 12.3. The zero-order valence-corrected chi connectivity index (χ0v) is 10.6. The van der Waals surface area contributed by atoms with Crippen molar-refractivity contribution in [2.24, 2.45) is 14.1 Å². The summed E-state index contributed by atoms with van der Waals surface area (Å²) in [6.07, 6.45) is 8.00. The lowest BCUT2D eigenvalue weighted by Crippen LogP contribution is -2.17. The van der Waals surface area contributed by atoms with Gasteiger partial charge in [0.2, 0.25) is 0 Å². The Hall–Kier alpha value is -1.62. The van der Waals surface area contributed by atoms with E-state index in [9.17, 15) is 0 Å². The molecule has 0 aliphatic carbocycles. The first-order valence-electron chi connectivity index (χ1n) is 5.83. The third kappa shape index (κ3) is 2.94. The van der Waals surface area contributed by atoms with Crippen LogP contribution in [0.1, 0.15) is 23.7 Å². The molecule has 0 fully saturated rings. The van der Waals surface area contributed by atoms with Crippen molar-refractivity contribution in [2.75, 3.05) is 7.05 Å². The van der Waals surface area contributed by atoms with Crippen LogP contribution in [-0.4, -0.2) is 26.6 Å². The third-order valence-corrected chi connectivity index (χ3v) is 2.92. The smallest absolute Gasteiger partial charge is 0.0793 e. The molecule has 0 radical (unpaired) electrons. The maximum absolute atomic E-state index is 4.43. The van der Waals surface area contributed by atoms with Crippen molar-refractivity contribution in [3.8, 4) is 0 Å². The summed E-state index contributed by atoms with van der Waals surface area (Å²) in [6.45, 7) is 0. The Balaban J connectivity index is 1.96. The van der Waals surface area contributed by atoms with Crippen LogP contribution in [0.3, 0.4) is 0 Å². The van der Waals surface area contributed by atoms with Crippen LogP contribution in [0.4, 0.5) is 0 Å². The van der Waals surface area contributed by atoms with Crippen molar-refractivity contribution in [3.63, 3.8) is 0 Å². The van der Waals surface area contributed by atoms with Crippen molar-refractivity contribution in [3.05, 3.63) is 35.9 Å². The summed E-state index contributed by atoms with van der Waals surface area (Å²) in [5, 5.41) is 11.9. The van der Waals surface area contributed by atoms with Crippen LogP contribution in [0, 0.1) is 0 Å². The van der Waals surface area contributed by atoms with Crippen LogP contribution in [0.5, 0.6) is 0 Å². The van der Waals surface area contributed by atoms with E-state index in [1.807, 2.05) is 42.9 Å². The second kappa shape index (κ2) is 5.14. The standard InChI is InChI=1S/C12H19N5/c1-13-11(12-6-7-16(2)15-12)5-4-10-8-14-17(3)9-10/h6-9,11,13H,4-5H2,1-3H3. The monoisotopic (exact) mass is 233 g/mol. The minimum absolute atomic E-state index is 0.302. The van der Waals surface area contributed by atoms with Gasteiger partial charge in [-0.3, -0.25) is 9.36 Å². The SMILES string of the molecule is CNC(CCc1cnn(C)c1)c1ccn(C)n1. The van der Waals surface area contributed by atoms with Crippen molar-refractivity contribution in [1.29, 1.82) is 0 Å². The Morgan fingerprint density at radius 1 is 1.35 bits per heavy atom. The van der Waals surface area contributed by atoms with E-state index in [4.69, 9.17) is 0 Å². The molecule has 1 unspecified atom stereocenters. The first kappa shape index (κ1) is 11.9. The van der Waals surface area contributed by atoms with Crippen LogP contribution in [0.2, 0.25) is 0 Å². The molecular weight excluding hydrogens is 214 g/mol. The van der Waals surface area contributed by atoms with Gasteiger partial charge in [-0.15, -0.1) is 0 Å². The van der Waals surface area contributed by atoms with E-state index in [0.717, 1.165) is 18.5 Å². The van der Waals surface area contributed by atoms with Crippen LogP contribution in [0.25, 0.3) is 0 Å². The van der Waals surface area contributed by atoms with Gasteiger partial charge in [0.1, 0.15) is 0 Å². The highest BCUT2D eigenvalue weighted by Gasteiger charge is 2.12. The second-order valence-corrected chi connectivity index (χ2v) is 4.32.